The van der Waals surface area contributed by atoms with Gasteiger partial charge in [-0.25, -0.2) is 8.42 Å². The molecule has 0 amide bonds. The number of nitrogens with two attached hydrogens (primary N) is 1. The molecular formula is C12H19NO3S. The summed E-state index contributed by atoms with van der Waals surface area (Å²) in [5, 5.41) is 0. The predicted octanol–water partition coefficient (Wildman–Crippen LogP) is 1.86. The van der Waals surface area contributed by atoms with Crippen LogP contribution in [0.1, 0.15) is 20.8 Å². The summed E-state index contributed by atoms with van der Waals surface area (Å²) >= 11 is 0. The van der Waals surface area contributed by atoms with Gasteiger partial charge in [0, 0.05) is 5.69 Å². The highest BCUT2D eigenvalue weighted by atomic mass is 32.2. The van der Waals surface area contributed by atoms with Crippen molar-refractivity contribution in [2.24, 2.45) is 0 Å². The predicted molar refractivity (Wildman–Crippen MR) is 68.6 cm³/mol. The zero-order valence-corrected chi connectivity index (χ0v) is 11.3. The lowest BCUT2D eigenvalue weighted by atomic mass is 10.2. The van der Waals surface area contributed by atoms with Gasteiger partial charge in [-0.15, -0.1) is 0 Å². The monoisotopic (exact) mass is 257 g/mol. The number of sulfone groups is 1. The molecule has 0 aromatic heterocycles. The Bertz CT molecular complexity index is 458. The van der Waals surface area contributed by atoms with Crippen LogP contribution in [0.25, 0.3) is 0 Å². The second-order valence-electron chi connectivity index (χ2n) is 4.85. The molecule has 0 heterocycles. The smallest absolute Gasteiger partial charge is 0.180 e. The molecule has 5 heteroatoms. The van der Waals surface area contributed by atoms with Gasteiger partial charge in [0.15, 0.2) is 9.84 Å². The molecule has 0 spiro atoms. The third kappa shape index (κ3) is 4.75. The van der Waals surface area contributed by atoms with Gasteiger partial charge in [-0.1, -0.05) is 0 Å². The van der Waals surface area contributed by atoms with E-state index in [1.807, 2.05) is 20.8 Å². The minimum Gasteiger partial charge on any atom is -0.399 e. The molecular weight excluding hydrogens is 238 g/mol. The Balaban J connectivity index is 2.66. The van der Waals surface area contributed by atoms with Crippen molar-refractivity contribution in [3.05, 3.63) is 24.3 Å². The fourth-order valence-electron chi connectivity index (χ4n) is 1.25. The van der Waals surface area contributed by atoms with Crippen molar-refractivity contribution >= 4 is 15.5 Å². The Kier molecular flexibility index (Phi) is 4.16. The summed E-state index contributed by atoms with van der Waals surface area (Å²) in [7, 11) is -3.28. The Morgan fingerprint density at radius 3 is 2.18 bits per heavy atom. The molecule has 0 aliphatic carbocycles. The molecule has 17 heavy (non-hydrogen) atoms. The number of hydrogen-bond acceptors (Lipinski definition) is 4. The van der Waals surface area contributed by atoms with Gasteiger partial charge in [0.05, 0.1) is 22.9 Å². The van der Waals surface area contributed by atoms with E-state index in [0.717, 1.165) is 0 Å². The van der Waals surface area contributed by atoms with E-state index >= 15 is 0 Å². The van der Waals surface area contributed by atoms with Gasteiger partial charge in [0.1, 0.15) is 0 Å². The van der Waals surface area contributed by atoms with E-state index in [1.54, 1.807) is 12.1 Å². The van der Waals surface area contributed by atoms with Crippen LogP contribution in [-0.4, -0.2) is 26.4 Å². The van der Waals surface area contributed by atoms with E-state index in [9.17, 15) is 8.42 Å². The van der Waals surface area contributed by atoms with Gasteiger partial charge in [-0.3, -0.25) is 0 Å². The topological polar surface area (TPSA) is 69.4 Å². The number of nitrogen functional groups attached to an aromatic ring is 1. The Labute approximate surface area is 103 Å². The molecule has 2 N–H and O–H groups in total. The van der Waals surface area contributed by atoms with E-state index in [1.165, 1.54) is 12.1 Å². The zero-order valence-electron chi connectivity index (χ0n) is 10.4. The fraction of sp³-hybridized carbons (Fsp3) is 0.500. The lowest BCUT2D eigenvalue weighted by Gasteiger charge is -2.19. The summed E-state index contributed by atoms with van der Waals surface area (Å²) in [6, 6.07) is 6.19. The quantitative estimate of drug-likeness (QED) is 0.836. The number of ether oxygens (including phenoxy) is 1. The van der Waals surface area contributed by atoms with Gasteiger partial charge >= 0.3 is 0 Å². The first-order valence-electron chi connectivity index (χ1n) is 5.43. The average Bonchev–Trinajstić information content (AvgIpc) is 2.15. The molecule has 0 aliphatic rings. The van der Waals surface area contributed by atoms with Crippen LogP contribution in [0.3, 0.4) is 0 Å². The molecule has 0 bridgehead atoms. The summed E-state index contributed by atoms with van der Waals surface area (Å²) in [6.07, 6.45) is 0. The van der Waals surface area contributed by atoms with E-state index in [0.29, 0.717) is 5.69 Å². The van der Waals surface area contributed by atoms with E-state index in [2.05, 4.69) is 0 Å². The van der Waals surface area contributed by atoms with Crippen molar-refractivity contribution in [1.29, 1.82) is 0 Å². The van der Waals surface area contributed by atoms with Crippen LogP contribution in [0.4, 0.5) is 5.69 Å². The highest BCUT2D eigenvalue weighted by Crippen LogP contribution is 2.14. The molecule has 0 aliphatic heterocycles. The van der Waals surface area contributed by atoms with Crippen LogP contribution in [0.5, 0.6) is 0 Å². The number of benzene rings is 1. The van der Waals surface area contributed by atoms with Crippen LogP contribution < -0.4 is 5.73 Å². The molecule has 0 fully saturated rings. The molecule has 0 radical (unpaired) electrons. The normalized spacial score (nSPS) is 12.6. The Hall–Kier alpha value is -1.07. The van der Waals surface area contributed by atoms with E-state index < -0.39 is 9.84 Å². The van der Waals surface area contributed by atoms with E-state index in [4.69, 9.17) is 10.5 Å². The Morgan fingerprint density at radius 1 is 1.18 bits per heavy atom. The lowest BCUT2D eigenvalue weighted by molar-refractivity contribution is 0.00644. The molecule has 1 rings (SSSR count). The first-order valence-corrected chi connectivity index (χ1v) is 7.08. The van der Waals surface area contributed by atoms with Gasteiger partial charge in [-0.05, 0) is 45.0 Å². The van der Waals surface area contributed by atoms with Gasteiger partial charge in [0.2, 0.25) is 0 Å². The largest absolute Gasteiger partial charge is 0.399 e. The third-order valence-electron chi connectivity index (χ3n) is 2.13. The molecule has 0 atom stereocenters. The molecule has 4 nitrogen and oxygen atoms in total. The van der Waals surface area contributed by atoms with Gasteiger partial charge < -0.3 is 10.5 Å². The first-order chi connectivity index (χ1) is 7.71. The number of hydrogen-bond donors (Lipinski definition) is 1. The van der Waals surface area contributed by atoms with Crippen LogP contribution in [-0.2, 0) is 14.6 Å². The maximum Gasteiger partial charge on any atom is 0.180 e. The third-order valence-corrected chi connectivity index (χ3v) is 3.82. The highest BCUT2D eigenvalue weighted by Gasteiger charge is 2.16. The molecule has 0 unspecified atom stereocenters. The van der Waals surface area contributed by atoms with Crippen molar-refractivity contribution in [2.75, 3.05) is 18.1 Å². The van der Waals surface area contributed by atoms with Crippen molar-refractivity contribution < 1.29 is 13.2 Å². The standard InChI is InChI=1S/C12H19NO3S/c1-12(2,3)16-8-9-17(14,15)11-6-4-10(13)5-7-11/h4-7H,8-9,13H2,1-3H3. The minimum absolute atomic E-state index is 0.0197. The van der Waals surface area contributed by atoms with Crippen molar-refractivity contribution in [1.82, 2.24) is 0 Å². The summed E-state index contributed by atoms with van der Waals surface area (Å²) in [5.41, 5.74) is 5.74. The van der Waals surface area contributed by atoms with Crippen molar-refractivity contribution in [3.63, 3.8) is 0 Å². The molecule has 0 saturated heterocycles. The maximum absolute atomic E-state index is 11.9. The van der Waals surface area contributed by atoms with Gasteiger partial charge in [-0.2, -0.15) is 0 Å². The van der Waals surface area contributed by atoms with Crippen LogP contribution in [0, 0.1) is 0 Å². The van der Waals surface area contributed by atoms with Crippen molar-refractivity contribution in [2.45, 2.75) is 31.3 Å². The first kappa shape index (κ1) is 14.0. The van der Waals surface area contributed by atoms with E-state index in [-0.39, 0.29) is 22.9 Å². The lowest BCUT2D eigenvalue weighted by Crippen LogP contribution is -2.23. The number of anilines is 1. The minimum atomic E-state index is -3.28. The zero-order chi connectivity index (χ0) is 13.1. The van der Waals surface area contributed by atoms with Crippen LogP contribution in [0.2, 0.25) is 0 Å². The summed E-state index contributed by atoms with van der Waals surface area (Å²) in [5.74, 6) is -0.0197. The molecule has 96 valence electrons. The van der Waals surface area contributed by atoms with Crippen LogP contribution in [0.15, 0.2) is 29.2 Å². The molecule has 1 aromatic rings. The summed E-state index contributed by atoms with van der Waals surface area (Å²) in [6.45, 7) is 5.87. The second kappa shape index (κ2) is 5.06. The summed E-state index contributed by atoms with van der Waals surface area (Å²) in [4.78, 5) is 0.282. The maximum atomic E-state index is 11.9. The highest BCUT2D eigenvalue weighted by molar-refractivity contribution is 7.91. The second-order valence-corrected chi connectivity index (χ2v) is 6.96. The van der Waals surface area contributed by atoms with Gasteiger partial charge in [0.25, 0.3) is 0 Å². The molecule has 1 aromatic carbocycles. The van der Waals surface area contributed by atoms with Crippen molar-refractivity contribution in [3.8, 4) is 0 Å². The number of rotatable bonds is 4. The van der Waals surface area contributed by atoms with Crippen LogP contribution >= 0.6 is 0 Å². The molecule has 0 saturated carbocycles. The SMILES string of the molecule is CC(C)(C)OCCS(=O)(=O)c1ccc(N)cc1. The summed E-state index contributed by atoms with van der Waals surface area (Å²) < 4.78 is 29.2. The fourth-order valence-corrected chi connectivity index (χ4v) is 2.34. The Morgan fingerprint density at radius 2 is 1.71 bits per heavy atom. The average molecular weight is 257 g/mol.